The van der Waals surface area contributed by atoms with Crippen molar-refractivity contribution in [1.29, 1.82) is 0 Å². The molecule has 0 aromatic heterocycles. The second kappa shape index (κ2) is 5.88. The van der Waals surface area contributed by atoms with Gasteiger partial charge in [-0.1, -0.05) is 11.6 Å². The molecule has 102 valence electrons. The van der Waals surface area contributed by atoms with E-state index in [0.717, 1.165) is 6.42 Å². The zero-order valence-electron chi connectivity index (χ0n) is 10.2. The number of hydrogen-bond acceptors (Lipinski definition) is 4. The predicted molar refractivity (Wildman–Crippen MR) is 72.4 cm³/mol. The number of nitrogens with one attached hydrogen (secondary N) is 2. The summed E-state index contributed by atoms with van der Waals surface area (Å²) in [5.74, 6) is 0.0231. The first kappa shape index (κ1) is 13.6. The SMILES string of the molecule is O=C1CCC(Nc2ccc(Cl)cc2[N+](=O)[O-])CCN1. The number of amides is 1. The molecule has 0 aliphatic carbocycles. The summed E-state index contributed by atoms with van der Waals surface area (Å²) in [7, 11) is 0. The summed E-state index contributed by atoms with van der Waals surface area (Å²) < 4.78 is 0. The fourth-order valence-corrected chi connectivity index (χ4v) is 2.23. The Morgan fingerprint density at radius 2 is 2.21 bits per heavy atom. The van der Waals surface area contributed by atoms with E-state index in [1.165, 1.54) is 6.07 Å². The van der Waals surface area contributed by atoms with Gasteiger partial charge in [-0.05, 0) is 25.0 Å². The molecular weight excluding hydrogens is 270 g/mol. The first-order chi connectivity index (χ1) is 9.06. The van der Waals surface area contributed by atoms with Crippen LogP contribution in [0.25, 0.3) is 0 Å². The maximum Gasteiger partial charge on any atom is 0.293 e. The molecule has 2 rings (SSSR count). The third kappa shape index (κ3) is 3.57. The number of carbonyl (C=O) groups is 1. The number of nitro benzene ring substituents is 1. The van der Waals surface area contributed by atoms with E-state index in [0.29, 0.717) is 30.1 Å². The molecule has 1 aliphatic rings. The van der Waals surface area contributed by atoms with Crippen LogP contribution in [0.3, 0.4) is 0 Å². The molecule has 1 aliphatic heterocycles. The highest BCUT2D eigenvalue weighted by Gasteiger charge is 2.20. The molecule has 1 unspecified atom stereocenters. The van der Waals surface area contributed by atoms with Crippen molar-refractivity contribution in [1.82, 2.24) is 5.32 Å². The fourth-order valence-electron chi connectivity index (χ4n) is 2.07. The quantitative estimate of drug-likeness (QED) is 0.659. The highest BCUT2D eigenvalue weighted by Crippen LogP contribution is 2.29. The largest absolute Gasteiger partial charge is 0.377 e. The molecule has 7 heteroatoms. The van der Waals surface area contributed by atoms with Crippen molar-refractivity contribution in [2.45, 2.75) is 25.3 Å². The molecule has 1 amide bonds. The third-order valence-corrected chi connectivity index (χ3v) is 3.29. The molecule has 2 N–H and O–H groups in total. The van der Waals surface area contributed by atoms with Crippen molar-refractivity contribution in [3.63, 3.8) is 0 Å². The Morgan fingerprint density at radius 3 is 2.95 bits per heavy atom. The van der Waals surface area contributed by atoms with E-state index in [2.05, 4.69) is 10.6 Å². The zero-order chi connectivity index (χ0) is 13.8. The van der Waals surface area contributed by atoms with E-state index in [4.69, 9.17) is 11.6 Å². The molecule has 19 heavy (non-hydrogen) atoms. The van der Waals surface area contributed by atoms with Gasteiger partial charge in [-0.2, -0.15) is 0 Å². The molecule has 1 fully saturated rings. The first-order valence-corrected chi connectivity index (χ1v) is 6.41. The number of halogens is 1. The minimum absolute atomic E-state index is 0.0231. The van der Waals surface area contributed by atoms with E-state index < -0.39 is 4.92 Å². The maximum atomic E-state index is 11.2. The molecule has 6 nitrogen and oxygen atoms in total. The number of carbonyl (C=O) groups excluding carboxylic acids is 1. The van der Waals surface area contributed by atoms with Gasteiger partial charge in [0.15, 0.2) is 0 Å². The number of anilines is 1. The predicted octanol–water partition coefficient (Wildman–Crippen LogP) is 2.33. The van der Waals surface area contributed by atoms with Crippen LogP contribution in [0.4, 0.5) is 11.4 Å². The van der Waals surface area contributed by atoms with Crippen LogP contribution in [-0.4, -0.2) is 23.4 Å². The van der Waals surface area contributed by atoms with Gasteiger partial charge in [0.05, 0.1) is 4.92 Å². The second-order valence-electron chi connectivity index (χ2n) is 4.44. The Labute approximate surface area is 115 Å². The molecular formula is C12H14ClN3O3. The van der Waals surface area contributed by atoms with Crippen LogP contribution in [-0.2, 0) is 4.79 Å². The van der Waals surface area contributed by atoms with Gasteiger partial charge in [0.2, 0.25) is 5.91 Å². The van der Waals surface area contributed by atoms with Crippen molar-refractivity contribution in [2.24, 2.45) is 0 Å². The number of nitrogens with zero attached hydrogens (tertiary/aromatic N) is 1. The Bertz CT molecular complexity index is 507. The smallest absolute Gasteiger partial charge is 0.293 e. The Balaban J connectivity index is 2.14. The second-order valence-corrected chi connectivity index (χ2v) is 4.87. The van der Waals surface area contributed by atoms with Crippen LogP contribution in [0, 0.1) is 10.1 Å². The van der Waals surface area contributed by atoms with Gasteiger partial charge in [0, 0.05) is 30.1 Å². The maximum absolute atomic E-state index is 11.2. The lowest BCUT2D eigenvalue weighted by Crippen LogP contribution is -2.23. The summed E-state index contributed by atoms with van der Waals surface area (Å²) in [6.07, 6.45) is 1.83. The van der Waals surface area contributed by atoms with Gasteiger partial charge in [-0.3, -0.25) is 14.9 Å². The van der Waals surface area contributed by atoms with Crippen molar-refractivity contribution in [3.05, 3.63) is 33.3 Å². The normalized spacial score (nSPS) is 19.4. The number of nitro groups is 1. The van der Waals surface area contributed by atoms with Gasteiger partial charge in [0.25, 0.3) is 5.69 Å². The van der Waals surface area contributed by atoms with Crippen molar-refractivity contribution < 1.29 is 9.72 Å². The molecule has 1 saturated heterocycles. The monoisotopic (exact) mass is 283 g/mol. The summed E-state index contributed by atoms with van der Waals surface area (Å²) in [4.78, 5) is 21.7. The Hall–Kier alpha value is -1.82. The van der Waals surface area contributed by atoms with Gasteiger partial charge in [-0.15, -0.1) is 0 Å². The van der Waals surface area contributed by atoms with Crippen molar-refractivity contribution >= 4 is 28.9 Å². The molecule has 0 saturated carbocycles. The molecule has 1 atom stereocenters. The van der Waals surface area contributed by atoms with E-state index in [1.54, 1.807) is 12.1 Å². The standard InChI is InChI=1S/C12H14ClN3O3/c13-8-1-3-10(11(7-8)16(18)19)15-9-2-4-12(17)14-6-5-9/h1,3,7,9,15H,2,4-6H2,(H,14,17). The van der Waals surface area contributed by atoms with Crippen LogP contribution in [0.15, 0.2) is 18.2 Å². The Kier molecular flexibility index (Phi) is 4.21. The minimum atomic E-state index is -0.464. The van der Waals surface area contributed by atoms with Gasteiger partial charge in [0.1, 0.15) is 5.69 Å². The number of rotatable bonds is 3. The zero-order valence-corrected chi connectivity index (χ0v) is 10.9. The van der Waals surface area contributed by atoms with E-state index in [-0.39, 0.29) is 17.6 Å². The summed E-state index contributed by atoms with van der Waals surface area (Å²) in [5, 5.41) is 17.2. The third-order valence-electron chi connectivity index (χ3n) is 3.05. The molecule has 0 radical (unpaired) electrons. The van der Waals surface area contributed by atoms with Crippen molar-refractivity contribution in [3.8, 4) is 0 Å². The van der Waals surface area contributed by atoms with Crippen LogP contribution in [0.2, 0.25) is 5.02 Å². The number of hydrogen-bond donors (Lipinski definition) is 2. The lowest BCUT2D eigenvalue weighted by molar-refractivity contribution is -0.384. The van der Waals surface area contributed by atoms with Crippen molar-refractivity contribution in [2.75, 3.05) is 11.9 Å². The van der Waals surface area contributed by atoms with Gasteiger partial charge < -0.3 is 10.6 Å². The minimum Gasteiger partial charge on any atom is -0.377 e. The summed E-state index contributed by atoms with van der Waals surface area (Å²) in [5.41, 5.74) is 0.393. The summed E-state index contributed by atoms with van der Waals surface area (Å²) >= 11 is 5.76. The van der Waals surface area contributed by atoms with Crippen LogP contribution in [0.1, 0.15) is 19.3 Å². The molecule has 1 heterocycles. The fraction of sp³-hybridized carbons (Fsp3) is 0.417. The topological polar surface area (TPSA) is 84.3 Å². The van der Waals surface area contributed by atoms with Crippen LogP contribution in [0.5, 0.6) is 0 Å². The summed E-state index contributed by atoms with van der Waals surface area (Å²) in [6.45, 7) is 0.581. The lowest BCUT2D eigenvalue weighted by Gasteiger charge is -2.16. The Morgan fingerprint density at radius 1 is 1.42 bits per heavy atom. The molecule has 0 bridgehead atoms. The average Bonchev–Trinajstić information content (AvgIpc) is 2.56. The highest BCUT2D eigenvalue weighted by atomic mass is 35.5. The van der Waals surface area contributed by atoms with Gasteiger partial charge in [-0.25, -0.2) is 0 Å². The van der Waals surface area contributed by atoms with Crippen LogP contribution < -0.4 is 10.6 Å². The molecule has 1 aromatic rings. The lowest BCUT2D eigenvalue weighted by atomic mass is 10.1. The highest BCUT2D eigenvalue weighted by molar-refractivity contribution is 6.30. The van der Waals surface area contributed by atoms with E-state index in [9.17, 15) is 14.9 Å². The van der Waals surface area contributed by atoms with E-state index in [1.807, 2.05) is 0 Å². The average molecular weight is 284 g/mol. The van der Waals surface area contributed by atoms with E-state index >= 15 is 0 Å². The van der Waals surface area contributed by atoms with Gasteiger partial charge >= 0.3 is 0 Å². The molecule has 1 aromatic carbocycles. The first-order valence-electron chi connectivity index (χ1n) is 6.03. The van der Waals surface area contributed by atoms with Crippen LogP contribution >= 0.6 is 11.6 Å². The molecule has 0 spiro atoms. The summed E-state index contributed by atoms with van der Waals surface area (Å²) in [6, 6.07) is 4.57. The number of benzene rings is 1.